The zero-order valence-electron chi connectivity index (χ0n) is 6.18. The van der Waals surface area contributed by atoms with Gasteiger partial charge in [0.25, 0.3) is 0 Å². The third kappa shape index (κ3) is 6.38. The molecule has 0 spiro atoms. The van der Waals surface area contributed by atoms with E-state index < -0.39 is 5.97 Å². The van der Waals surface area contributed by atoms with Gasteiger partial charge in [0.1, 0.15) is 0 Å². The average Bonchev–Trinajstić information content (AvgIpc) is 1.97. The third-order valence-corrected chi connectivity index (χ3v) is 0.893. The highest BCUT2D eigenvalue weighted by Crippen LogP contribution is 1.86. The van der Waals surface area contributed by atoms with Crippen LogP contribution in [0.2, 0.25) is 0 Å². The summed E-state index contributed by atoms with van der Waals surface area (Å²) in [5, 5.41) is 10.4. The Labute approximate surface area is 64.6 Å². The van der Waals surface area contributed by atoms with E-state index in [1.165, 1.54) is 0 Å². The average molecular weight is 155 g/mol. The zero-order valence-corrected chi connectivity index (χ0v) is 6.18. The number of hydrogen-bond acceptors (Lipinski definition) is 2. The molecule has 0 radical (unpaired) electrons. The summed E-state index contributed by atoms with van der Waals surface area (Å²) in [7, 11) is 0. The van der Waals surface area contributed by atoms with E-state index in [0.717, 1.165) is 0 Å². The van der Waals surface area contributed by atoms with Crippen LogP contribution in [0.5, 0.6) is 0 Å². The van der Waals surface area contributed by atoms with Gasteiger partial charge in [-0.25, -0.2) is 0 Å². The molecule has 0 saturated carbocycles. The molecule has 0 aromatic carbocycles. The Kier molecular flexibility index (Phi) is 4.58. The summed E-state index contributed by atoms with van der Waals surface area (Å²) in [6.45, 7) is 1.58. The molecule has 0 unspecified atom stereocenters. The van der Waals surface area contributed by atoms with E-state index in [4.69, 9.17) is 5.11 Å². The van der Waals surface area contributed by atoms with Gasteiger partial charge in [0.15, 0.2) is 0 Å². The molecular formula is C7H9NO3. The molecule has 0 rings (SSSR count). The summed E-state index contributed by atoms with van der Waals surface area (Å²) in [4.78, 5) is 20.6. The van der Waals surface area contributed by atoms with Crippen molar-refractivity contribution in [2.45, 2.75) is 19.8 Å². The van der Waals surface area contributed by atoms with Crippen LogP contribution in [-0.2, 0) is 9.59 Å². The lowest BCUT2D eigenvalue weighted by molar-refractivity contribution is -0.138. The smallest absolute Gasteiger partial charge is 0.303 e. The first kappa shape index (κ1) is 9.50. The van der Waals surface area contributed by atoms with Gasteiger partial charge in [-0.05, 0) is 6.92 Å². The Morgan fingerprint density at radius 2 is 2.09 bits per heavy atom. The fourth-order valence-electron chi connectivity index (χ4n) is 0.415. The molecule has 2 N–H and O–H groups in total. The molecule has 0 aromatic heterocycles. The molecule has 0 bridgehead atoms. The Balaban J connectivity index is 3.51. The van der Waals surface area contributed by atoms with Gasteiger partial charge < -0.3 is 5.11 Å². The highest BCUT2D eigenvalue weighted by Gasteiger charge is 2.02. The van der Waals surface area contributed by atoms with E-state index in [1.807, 2.05) is 0 Å². The van der Waals surface area contributed by atoms with E-state index in [2.05, 4.69) is 17.3 Å². The van der Waals surface area contributed by atoms with Gasteiger partial charge in [0, 0.05) is 12.5 Å². The minimum atomic E-state index is -0.982. The Hall–Kier alpha value is -1.50. The first-order chi connectivity index (χ1) is 5.16. The topological polar surface area (TPSA) is 66.4 Å². The Morgan fingerprint density at radius 3 is 2.55 bits per heavy atom. The van der Waals surface area contributed by atoms with Gasteiger partial charge in [0.05, 0.1) is 6.42 Å². The third-order valence-electron chi connectivity index (χ3n) is 0.893. The number of carbonyl (C=O) groups is 2. The van der Waals surface area contributed by atoms with Gasteiger partial charge in [-0.2, -0.15) is 0 Å². The lowest BCUT2D eigenvalue weighted by Crippen LogP contribution is -2.18. The molecule has 0 aliphatic rings. The van der Waals surface area contributed by atoms with Crippen molar-refractivity contribution in [2.24, 2.45) is 0 Å². The van der Waals surface area contributed by atoms with Gasteiger partial charge in [-0.3, -0.25) is 14.9 Å². The molecule has 60 valence electrons. The van der Waals surface area contributed by atoms with Gasteiger partial charge in [-0.1, -0.05) is 5.92 Å². The number of nitrogens with one attached hydrogen (secondary N) is 1. The maximum Gasteiger partial charge on any atom is 0.303 e. The van der Waals surface area contributed by atoms with Crippen LogP contribution in [0, 0.1) is 12.0 Å². The summed E-state index contributed by atoms with van der Waals surface area (Å²) in [6, 6.07) is 2.33. The summed E-state index contributed by atoms with van der Waals surface area (Å²) in [5.74, 6) is 1.12. The van der Waals surface area contributed by atoms with E-state index >= 15 is 0 Å². The van der Waals surface area contributed by atoms with Crippen LogP contribution in [0.1, 0.15) is 19.8 Å². The Morgan fingerprint density at radius 1 is 1.45 bits per heavy atom. The number of hydrogen-bond donors (Lipinski definition) is 2. The minimum Gasteiger partial charge on any atom is -0.481 e. The van der Waals surface area contributed by atoms with Crippen molar-refractivity contribution in [3.8, 4) is 12.0 Å². The molecule has 11 heavy (non-hydrogen) atoms. The monoisotopic (exact) mass is 155 g/mol. The quantitative estimate of drug-likeness (QED) is 0.443. The molecule has 0 heterocycles. The lowest BCUT2D eigenvalue weighted by Gasteiger charge is -1.92. The largest absolute Gasteiger partial charge is 0.481 e. The van der Waals surface area contributed by atoms with Crippen LogP contribution >= 0.6 is 0 Å². The van der Waals surface area contributed by atoms with E-state index in [9.17, 15) is 9.59 Å². The van der Waals surface area contributed by atoms with Crippen LogP contribution in [0.3, 0.4) is 0 Å². The summed E-state index contributed by atoms with van der Waals surface area (Å²) >= 11 is 0. The van der Waals surface area contributed by atoms with Crippen LogP contribution < -0.4 is 5.32 Å². The van der Waals surface area contributed by atoms with Crippen molar-refractivity contribution >= 4 is 11.9 Å². The highest BCUT2D eigenvalue weighted by atomic mass is 16.4. The molecule has 1 amide bonds. The Bertz CT molecular complexity index is 211. The molecule has 0 aliphatic carbocycles. The van der Waals surface area contributed by atoms with Crippen molar-refractivity contribution in [1.29, 1.82) is 0 Å². The first-order valence-electron chi connectivity index (χ1n) is 3.09. The van der Waals surface area contributed by atoms with Gasteiger partial charge in [-0.15, -0.1) is 0 Å². The minimum absolute atomic E-state index is 0.0238. The highest BCUT2D eigenvalue weighted by molar-refractivity contribution is 5.81. The van der Waals surface area contributed by atoms with Crippen molar-refractivity contribution in [3.63, 3.8) is 0 Å². The van der Waals surface area contributed by atoms with Crippen molar-refractivity contribution in [2.75, 3.05) is 0 Å². The van der Waals surface area contributed by atoms with Crippen LogP contribution in [0.25, 0.3) is 0 Å². The number of rotatable bonds is 3. The molecule has 0 aliphatic heterocycles. The number of aliphatic carboxylic acids is 1. The van der Waals surface area contributed by atoms with Gasteiger partial charge >= 0.3 is 5.97 Å². The molecule has 0 saturated heterocycles. The number of carboxylic acid groups (broad SMARTS) is 1. The molecule has 0 aromatic rings. The zero-order chi connectivity index (χ0) is 8.69. The second-order valence-corrected chi connectivity index (χ2v) is 1.82. The molecular weight excluding hydrogens is 146 g/mol. The molecule has 4 heteroatoms. The predicted octanol–water partition coefficient (Wildman–Crippen LogP) is -0.0518. The van der Waals surface area contributed by atoms with Gasteiger partial charge in [0.2, 0.25) is 5.91 Å². The standard InChI is InChI=1S/C7H9NO3/c1-2-5-8-6(9)3-4-7(10)11/h3-4H2,1H3,(H,8,9)(H,10,11). The van der Waals surface area contributed by atoms with E-state index in [1.54, 1.807) is 6.92 Å². The second-order valence-electron chi connectivity index (χ2n) is 1.82. The van der Waals surface area contributed by atoms with Crippen LogP contribution in [0.15, 0.2) is 0 Å². The first-order valence-corrected chi connectivity index (χ1v) is 3.09. The molecule has 4 nitrogen and oxygen atoms in total. The number of carboxylic acids is 1. The molecule has 0 atom stereocenters. The fourth-order valence-corrected chi connectivity index (χ4v) is 0.415. The fraction of sp³-hybridized carbons (Fsp3) is 0.429. The van der Waals surface area contributed by atoms with E-state index in [0.29, 0.717) is 0 Å². The molecule has 0 fully saturated rings. The number of amides is 1. The SMILES string of the molecule is CC#CNC(=O)CCC(=O)O. The maximum absolute atomic E-state index is 10.6. The maximum atomic E-state index is 10.6. The number of carbonyl (C=O) groups excluding carboxylic acids is 1. The normalized spacial score (nSPS) is 7.73. The van der Waals surface area contributed by atoms with E-state index in [-0.39, 0.29) is 18.7 Å². The van der Waals surface area contributed by atoms with Crippen molar-refractivity contribution < 1.29 is 14.7 Å². The second kappa shape index (κ2) is 5.30. The van der Waals surface area contributed by atoms with Crippen molar-refractivity contribution in [1.82, 2.24) is 5.32 Å². The lowest BCUT2D eigenvalue weighted by atomic mass is 10.3. The van der Waals surface area contributed by atoms with Crippen LogP contribution in [-0.4, -0.2) is 17.0 Å². The summed E-state index contributed by atoms with van der Waals surface area (Å²) < 4.78 is 0. The predicted molar refractivity (Wildman–Crippen MR) is 38.5 cm³/mol. The summed E-state index contributed by atoms with van der Waals surface area (Å²) in [5.41, 5.74) is 0. The van der Waals surface area contributed by atoms with Crippen LogP contribution in [0.4, 0.5) is 0 Å². The summed E-state index contributed by atoms with van der Waals surface area (Å²) in [6.07, 6.45) is -0.179. The van der Waals surface area contributed by atoms with Crippen molar-refractivity contribution in [3.05, 3.63) is 0 Å².